The normalized spacial score (nSPS) is 11.0. The van der Waals surface area contributed by atoms with Crippen molar-refractivity contribution < 1.29 is 14.0 Å². The number of carbonyl (C=O) groups excluding carboxylic acids is 2. The number of anilines is 2. The number of nitrogens with zero attached hydrogens (tertiary/aromatic N) is 5. The molecule has 3 aromatic carbocycles. The highest BCUT2D eigenvalue weighted by Gasteiger charge is 2.19. The van der Waals surface area contributed by atoms with Gasteiger partial charge in [0.1, 0.15) is 0 Å². The van der Waals surface area contributed by atoms with Gasteiger partial charge in [-0.1, -0.05) is 36.4 Å². The number of pyridine rings is 1. The van der Waals surface area contributed by atoms with Crippen LogP contribution >= 0.6 is 0 Å². The second-order valence-corrected chi connectivity index (χ2v) is 9.46. The summed E-state index contributed by atoms with van der Waals surface area (Å²) in [7, 11) is 1.73. The van der Waals surface area contributed by atoms with E-state index in [1.165, 1.54) is 6.39 Å². The van der Waals surface area contributed by atoms with E-state index in [2.05, 4.69) is 15.3 Å². The number of imidazole rings is 1. The first-order valence-corrected chi connectivity index (χ1v) is 13.1. The Balaban J connectivity index is 1.33. The average Bonchev–Trinajstić information content (AvgIpc) is 3.68. The molecule has 202 valence electrons. The molecule has 0 aliphatic carbocycles. The van der Waals surface area contributed by atoms with Gasteiger partial charge in [0, 0.05) is 54.3 Å². The Morgan fingerprint density at radius 2 is 1.76 bits per heavy atom. The molecular formula is C32H26N6O3. The first-order chi connectivity index (χ1) is 20.1. The van der Waals surface area contributed by atoms with Crippen molar-refractivity contribution in [3.63, 3.8) is 0 Å². The molecule has 0 fully saturated rings. The van der Waals surface area contributed by atoms with Crippen LogP contribution in [0, 0.1) is 0 Å². The highest BCUT2D eigenvalue weighted by atomic mass is 16.3. The highest BCUT2D eigenvalue weighted by molar-refractivity contribution is 6.07. The number of fused-ring (bicyclic) bond motifs is 1. The van der Waals surface area contributed by atoms with Gasteiger partial charge in [0.2, 0.25) is 5.95 Å². The van der Waals surface area contributed by atoms with Crippen molar-refractivity contribution in [1.82, 2.24) is 19.5 Å². The number of benzene rings is 3. The molecular weight excluding hydrogens is 516 g/mol. The molecule has 0 radical (unpaired) electrons. The molecule has 3 heterocycles. The monoisotopic (exact) mass is 542 g/mol. The minimum atomic E-state index is -0.308. The van der Waals surface area contributed by atoms with Crippen molar-refractivity contribution in [1.29, 1.82) is 0 Å². The van der Waals surface area contributed by atoms with Crippen LogP contribution in [0.15, 0.2) is 114 Å². The lowest BCUT2D eigenvalue weighted by molar-refractivity contribution is 0.0991. The molecule has 9 nitrogen and oxygen atoms in total. The van der Waals surface area contributed by atoms with Gasteiger partial charge in [0.25, 0.3) is 11.8 Å². The lowest BCUT2D eigenvalue weighted by atomic mass is 10.1. The van der Waals surface area contributed by atoms with E-state index in [4.69, 9.17) is 9.40 Å². The molecule has 0 saturated heterocycles. The number of aromatic nitrogens is 4. The minimum Gasteiger partial charge on any atom is -0.444 e. The lowest BCUT2D eigenvalue weighted by Crippen LogP contribution is -2.26. The third-order valence-electron chi connectivity index (χ3n) is 6.83. The van der Waals surface area contributed by atoms with E-state index in [1.807, 2.05) is 65.2 Å². The predicted octanol–water partition coefficient (Wildman–Crippen LogP) is 5.86. The summed E-state index contributed by atoms with van der Waals surface area (Å²) in [5.74, 6) is 0.543. The van der Waals surface area contributed by atoms with Crippen molar-refractivity contribution in [3.8, 4) is 11.3 Å². The van der Waals surface area contributed by atoms with Crippen LogP contribution in [0.3, 0.4) is 0 Å². The molecule has 2 amide bonds. The van der Waals surface area contributed by atoms with E-state index >= 15 is 0 Å². The number of aryl methyl sites for hydroxylation is 2. The van der Waals surface area contributed by atoms with Gasteiger partial charge in [-0.05, 0) is 54.6 Å². The Morgan fingerprint density at radius 3 is 2.54 bits per heavy atom. The molecule has 0 unspecified atom stereocenters. The van der Waals surface area contributed by atoms with Crippen LogP contribution in [-0.2, 0) is 13.0 Å². The third kappa shape index (κ3) is 5.46. The fourth-order valence-electron chi connectivity index (χ4n) is 4.66. The summed E-state index contributed by atoms with van der Waals surface area (Å²) in [6.07, 6.45) is 5.36. The number of carbonyl (C=O) groups is 2. The first-order valence-electron chi connectivity index (χ1n) is 13.1. The van der Waals surface area contributed by atoms with E-state index in [0.29, 0.717) is 47.0 Å². The number of nitrogens with one attached hydrogen (secondary N) is 1. The summed E-state index contributed by atoms with van der Waals surface area (Å²) in [5, 5.41) is 2.99. The van der Waals surface area contributed by atoms with Gasteiger partial charge in [0.15, 0.2) is 12.2 Å². The molecule has 0 bridgehead atoms. The quantitative estimate of drug-likeness (QED) is 0.258. The topological polar surface area (TPSA) is 106 Å². The number of hydrogen-bond donors (Lipinski definition) is 1. The van der Waals surface area contributed by atoms with Gasteiger partial charge < -0.3 is 13.9 Å². The van der Waals surface area contributed by atoms with Crippen LogP contribution in [-0.4, -0.2) is 38.4 Å². The summed E-state index contributed by atoms with van der Waals surface area (Å²) in [6.45, 7) is 0.541. The van der Waals surface area contributed by atoms with Crippen LogP contribution < -0.4 is 10.2 Å². The zero-order valence-electron chi connectivity index (χ0n) is 22.3. The van der Waals surface area contributed by atoms with Gasteiger partial charge in [0.05, 0.1) is 17.2 Å². The maximum Gasteiger partial charge on any atom is 0.258 e. The van der Waals surface area contributed by atoms with Crippen molar-refractivity contribution in [2.75, 3.05) is 17.3 Å². The minimum absolute atomic E-state index is 0.125. The van der Waals surface area contributed by atoms with Gasteiger partial charge in [-0.3, -0.25) is 19.9 Å². The average molecular weight is 543 g/mol. The van der Waals surface area contributed by atoms with Gasteiger partial charge in [-0.15, -0.1) is 0 Å². The number of amides is 2. The van der Waals surface area contributed by atoms with E-state index in [1.54, 1.807) is 54.7 Å². The Morgan fingerprint density at radius 1 is 0.927 bits per heavy atom. The molecule has 3 aromatic heterocycles. The molecule has 9 heteroatoms. The maximum atomic E-state index is 13.4. The Hall–Kier alpha value is -5.57. The molecule has 0 aliphatic heterocycles. The fraction of sp³-hybridized carbons (Fsp3) is 0.0938. The molecule has 0 aliphatic rings. The van der Waals surface area contributed by atoms with E-state index < -0.39 is 0 Å². The molecule has 6 aromatic rings. The molecule has 0 spiro atoms. The fourth-order valence-corrected chi connectivity index (χ4v) is 4.66. The lowest BCUT2D eigenvalue weighted by Gasteiger charge is -2.17. The summed E-state index contributed by atoms with van der Waals surface area (Å²) in [6, 6.07) is 27.7. The van der Waals surface area contributed by atoms with Crippen LogP contribution in [0.5, 0.6) is 0 Å². The number of hydrogen-bond acceptors (Lipinski definition) is 6. The van der Waals surface area contributed by atoms with Crippen molar-refractivity contribution >= 4 is 34.5 Å². The van der Waals surface area contributed by atoms with Crippen LogP contribution in [0.4, 0.5) is 11.6 Å². The van der Waals surface area contributed by atoms with Crippen molar-refractivity contribution in [3.05, 3.63) is 127 Å². The SMILES string of the molecule is CN(C(=O)c1ccccc1)c1ccc2c(c1)nc(NC(=O)c1cccc(-c3cnco3)c1)n2CCc1ccccn1. The largest absolute Gasteiger partial charge is 0.444 e. The smallest absolute Gasteiger partial charge is 0.258 e. The summed E-state index contributed by atoms with van der Waals surface area (Å²) in [5.41, 5.74) is 4.90. The van der Waals surface area contributed by atoms with Gasteiger partial charge in [-0.2, -0.15) is 0 Å². The molecule has 1 N–H and O–H groups in total. The van der Waals surface area contributed by atoms with E-state index in [9.17, 15) is 9.59 Å². The Bertz CT molecular complexity index is 1820. The summed E-state index contributed by atoms with van der Waals surface area (Å²) < 4.78 is 7.35. The maximum absolute atomic E-state index is 13.4. The van der Waals surface area contributed by atoms with Crippen LogP contribution in [0.1, 0.15) is 26.4 Å². The zero-order valence-corrected chi connectivity index (χ0v) is 22.3. The summed E-state index contributed by atoms with van der Waals surface area (Å²) in [4.78, 5) is 41.2. The van der Waals surface area contributed by atoms with Crippen LogP contribution in [0.2, 0.25) is 0 Å². The molecule has 6 rings (SSSR count). The van der Waals surface area contributed by atoms with E-state index in [-0.39, 0.29) is 11.8 Å². The third-order valence-corrected chi connectivity index (χ3v) is 6.83. The van der Waals surface area contributed by atoms with Crippen molar-refractivity contribution in [2.45, 2.75) is 13.0 Å². The second kappa shape index (κ2) is 11.3. The first kappa shape index (κ1) is 25.7. The molecule has 41 heavy (non-hydrogen) atoms. The van der Waals surface area contributed by atoms with Crippen molar-refractivity contribution in [2.24, 2.45) is 0 Å². The number of rotatable bonds is 8. The standard InChI is InChI=1S/C32H26N6O3/c1-37(31(40)22-8-3-2-4-9-22)26-13-14-28-27(19-26)35-32(38(28)17-15-25-12-5-6-16-34-25)36-30(39)24-11-7-10-23(18-24)29-20-33-21-41-29/h2-14,16,18-21H,15,17H2,1H3,(H,35,36,39). The van der Waals surface area contributed by atoms with Crippen LogP contribution in [0.25, 0.3) is 22.4 Å². The van der Waals surface area contributed by atoms with E-state index in [0.717, 1.165) is 16.8 Å². The van der Waals surface area contributed by atoms with Gasteiger partial charge >= 0.3 is 0 Å². The predicted molar refractivity (Wildman–Crippen MR) is 157 cm³/mol. The highest BCUT2D eigenvalue weighted by Crippen LogP contribution is 2.27. The summed E-state index contributed by atoms with van der Waals surface area (Å²) >= 11 is 0. The Kier molecular flexibility index (Phi) is 7.06. The molecule has 0 saturated carbocycles. The number of oxazole rings is 1. The van der Waals surface area contributed by atoms with Gasteiger partial charge in [-0.25, -0.2) is 9.97 Å². The molecule has 0 atom stereocenters. The second-order valence-electron chi connectivity index (χ2n) is 9.46. The zero-order chi connectivity index (χ0) is 28.2. The Labute approximate surface area is 236 Å².